The molecule has 0 bridgehead atoms. The molecule has 0 fully saturated rings. The highest BCUT2D eigenvalue weighted by atomic mass is 19.3. The van der Waals surface area contributed by atoms with Gasteiger partial charge in [-0.3, -0.25) is 0 Å². The Kier molecular flexibility index (Phi) is 9.89. The Morgan fingerprint density at radius 2 is 1.72 bits per heavy atom. The van der Waals surface area contributed by atoms with Crippen molar-refractivity contribution in [3.63, 3.8) is 0 Å². The summed E-state index contributed by atoms with van der Waals surface area (Å²) in [4.78, 5) is 0. The molecule has 32 heavy (non-hydrogen) atoms. The second-order valence-electron chi connectivity index (χ2n) is 7.60. The van der Waals surface area contributed by atoms with Crippen molar-refractivity contribution in [2.24, 2.45) is 0 Å². The second-order valence-corrected chi connectivity index (χ2v) is 7.60. The number of alkyl halides is 4. The van der Waals surface area contributed by atoms with E-state index in [-0.39, 0.29) is 43.0 Å². The molecule has 0 aliphatic heterocycles. The van der Waals surface area contributed by atoms with Crippen LogP contribution in [0.3, 0.4) is 0 Å². The average Bonchev–Trinajstić information content (AvgIpc) is 2.77. The number of aliphatic hydroxyl groups excluding tert-OH is 2. The Bertz CT molecular complexity index is 821. The number of halogens is 4. The van der Waals surface area contributed by atoms with E-state index in [9.17, 15) is 27.8 Å². The van der Waals surface area contributed by atoms with E-state index in [0.717, 1.165) is 0 Å². The van der Waals surface area contributed by atoms with Crippen molar-refractivity contribution in [2.75, 3.05) is 26.3 Å². The molecule has 0 amide bonds. The van der Waals surface area contributed by atoms with E-state index < -0.39 is 44.0 Å². The SMILES string of the molecule is OCc1cc([C@@H](O)CNCCCC(F)(F)CCOCC(F)(F)c2ccccc2)ccc1O. The van der Waals surface area contributed by atoms with Crippen LogP contribution in [0.2, 0.25) is 0 Å². The van der Waals surface area contributed by atoms with Crippen LogP contribution in [0, 0.1) is 0 Å². The Morgan fingerprint density at radius 3 is 2.41 bits per heavy atom. The zero-order chi connectivity index (χ0) is 23.6. The first kappa shape index (κ1) is 26.1. The normalized spacial score (nSPS) is 13.3. The summed E-state index contributed by atoms with van der Waals surface area (Å²) in [6.45, 7) is -1.47. The summed E-state index contributed by atoms with van der Waals surface area (Å²) in [6.07, 6.45) is -1.90. The monoisotopic (exact) mass is 459 g/mol. The molecule has 2 rings (SSSR count). The highest BCUT2D eigenvalue weighted by molar-refractivity contribution is 5.36. The molecule has 5 nitrogen and oxygen atoms in total. The van der Waals surface area contributed by atoms with Crippen molar-refractivity contribution in [3.8, 4) is 5.75 Å². The third-order valence-electron chi connectivity index (χ3n) is 4.98. The van der Waals surface area contributed by atoms with Crippen LogP contribution in [0.5, 0.6) is 5.75 Å². The number of rotatable bonds is 14. The molecule has 0 radical (unpaired) electrons. The lowest BCUT2D eigenvalue weighted by Crippen LogP contribution is -2.26. The molecule has 0 aromatic heterocycles. The van der Waals surface area contributed by atoms with Gasteiger partial charge in [-0.15, -0.1) is 0 Å². The lowest BCUT2D eigenvalue weighted by atomic mass is 10.1. The smallest absolute Gasteiger partial charge is 0.296 e. The third-order valence-corrected chi connectivity index (χ3v) is 4.98. The topological polar surface area (TPSA) is 82.0 Å². The van der Waals surface area contributed by atoms with Gasteiger partial charge < -0.3 is 25.4 Å². The van der Waals surface area contributed by atoms with Crippen molar-refractivity contribution in [1.29, 1.82) is 0 Å². The van der Waals surface area contributed by atoms with Gasteiger partial charge in [-0.1, -0.05) is 36.4 Å². The minimum atomic E-state index is -3.24. The van der Waals surface area contributed by atoms with E-state index in [2.05, 4.69) is 5.32 Å². The first-order valence-corrected chi connectivity index (χ1v) is 10.3. The van der Waals surface area contributed by atoms with Gasteiger partial charge >= 0.3 is 0 Å². The summed E-state index contributed by atoms with van der Waals surface area (Å²) in [5, 5.41) is 31.7. The lowest BCUT2D eigenvalue weighted by molar-refractivity contribution is -0.100. The molecular weight excluding hydrogens is 430 g/mol. The van der Waals surface area contributed by atoms with Crippen LogP contribution in [0.1, 0.15) is 42.1 Å². The average molecular weight is 459 g/mol. The van der Waals surface area contributed by atoms with Crippen LogP contribution in [0.4, 0.5) is 17.6 Å². The zero-order valence-electron chi connectivity index (χ0n) is 17.6. The molecular formula is C23H29F4NO4. The number of nitrogens with one attached hydrogen (secondary N) is 1. The lowest BCUT2D eigenvalue weighted by Gasteiger charge is -2.19. The van der Waals surface area contributed by atoms with Crippen LogP contribution < -0.4 is 5.32 Å². The Morgan fingerprint density at radius 1 is 1.00 bits per heavy atom. The predicted octanol–water partition coefficient (Wildman–Crippen LogP) is 4.12. The van der Waals surface area contributed by atoms with E-state index in [4.69, 9.17) is 9.84 Å². The highest BCUT2D eigenvalue weighted by Crippen LogP contribution is 2.29. The summed E-state index contributed by atoms with van der Waals surface area (Å²) in [7, 11) is 0. The van der Waals surface area contributed by atoms with Crippen LogP contribution in [0.15, 0.2) is 48.5 Å². The molecule has 1 atom stereocenters. The number of benzene rings is 2. The van der Waals surface area contributed by atoms with E-state index in [1.54, 1.807) is 6.07 Å². The zero-order valence-corrected chi connectivity index (χ0v) is 17.6. The van der Waals surface area contributed by atoms with Crippen LogP contribution in [0.25, 0.3) is 0 Å². The Labute approximate surface area is 184 Å². The van der Waals surface area contributed by atoms with Crippen LogP contribution >= 0.6 is 0 Å². The summed E-state index contributed by atoms with van der Waals surface area (Å²) < 4.78 is 60.6. The van der Waals surface area contributed by atoms with Gasteiger partial charge in [0.2, 0.25) is 5.92 Å². The second kappa shape index (κ2) is 12.2. The molecule has 0 unspecified atom stereocenters. The van der Waals surface area contributed by atoms with E-state index >= 15 is 0 Å². The largest absolute Gasteiger partial charge is 0.508 e. The van der Waals surface area contributed by atoms with Gasteiger partial charge in [-0.05, 0) is 30.7 Å². The molecule has 0 aliphatic carbocycles. The molecule has 0 saturated heterocycles. The molecule has 2 aromatic rings. The fraction of sp³-hybridized carbons (Fsp3) is 0.478. The maximum atomic E-state index is 13.9. The maximum Gasteiger partial charge on any atom is 0.296 e. The minimum Gasteiger partial charge on any atom is -0.508 e. The van der Waals surface area contributed by atoms with Crippen molar-refractivity contribution in [1.82, 2.24) is 5.32 Å². The molecule has 9 heteroatoms. The highest BCUT2D eigenvalue weighted by Gasteiger charge is 2.33. The first-order valence-electron chi connectivity index (χ1n) is 10.3. The molecule has 0 heterocycles. The van der Waals surface area contributed by atoms with Gasteiger partial charge in [0.15, 0.2) is 0 Å². The first-order chi connectivity index (χ1) is 15.1. The number of aliphatic hydroxyl groups is 2. The van der Waals surface area contributed by atoms with Gasteiger partial charge in [0.05, 0.1) is 19.3 Å². The van der Waals surface area contributed by atoms with Gasteiger partial charge in [-0.2, -0.15) is 8.78 Å². The number of phenols is 1. The minimum absolute atomic E-state index is 0.0774. The maximum absolute atomic E-state index is 13.9. The predicted molar refractivity (Wildman–Crippen MR) is 112 cm³/mol. The standard InChI is InChI=1S/C23H29F4NO4/c24-22(25,10-12-32-16-23(26,27)19-5-2-1-3-6-19)9-4-11-28-14-21(31)17-7-8-20(30)18(13-17)15-29/h1-3,5-8,13,21,28-31H,4,9-12,14-16H2/t21-/m0/s1. The van der Waals surface area contributed by atoms with Gasteiger partial charge in [-0.25, -0.2) is 8.78 Å². The summed E-state index contributed by atoms with van der Waals surface area (Å²) in [6, 6.07) is 11.4. The number of aromatic hydroxyl groups is 1. The van der Waals surface area contributed by atoms with Gasteiger partial charge in [0, 0.05) is 30.5 Å². The Hall–Kier alpha value is -2.20. The summed E-state index contributed by atoms with van der Waals surface area (Å²) >= 11 is 0. The Balaban J connectivity index is 1.63. The fourth-order valence-corrected chi connectivity index (χ4v) is 3.08. The van der Waals surface area contributed by atoms with Crippen molar-refractivity contribution >= 4 is 0 Å². The van der Waals surface area contributed by atoms with Crippen LogP contribution in [-0.2, 0) is 17.3 Å². The summed E-state index contributed by atoms with van der Waals surface area (Å²) in [5.41, 5.74) is 0.541. The van der Waals surface area contributed by atoms with Gasteiger partial charge in [0.1, 0.15) is 12.4 Å². The van der Waals surface area contributed by atoms with E-state index in [0.29, 0.717) is 5.56 Å². The quantitative estimate of drug-likeness (QED) is 0.252. The molecule has 0 spiro atoms. The number of hydrogen-bond acceptors (Lipinski definition) is 5. The van der Waals surface area contributed by atoms with E-state index in [1.807, 2.05) is 0 Å². The molecule has 0 saturated carbocycles. The fourth-order valence-electron chi connectivity index (χ4n) is 3.08. The molecule has 178 valence electrons. The van der Waals surface area contributed by atoms with E-state index in [1.165, 1.54) is 42.5 Å². The third kappa shape index (κ3) is 8.38. The molecule has 2 aromatic carbocycles. The molecule has 4 N–H and O–H groups in total. The van der Waals surface area contributed by atoms with Crippen molar-refractivity contribution in [2.45, 2.75) is 43.8 Å². The number of hydrogen-bond donors (Lipinski definition) is 4. The van der Waals surface area contributed by atoms with Crippen molar-refractivity contribution < 1.29 is 37.6 Å². The summed E-state index contributed by atoms with van der Waals surface area (Å²) in [5.74, 6) is -6.36. The van der Waals surface area contributed by atoms with Crippen molar-refractivity contribution in [3.05, 3.63) is 65.2 Å². The van der Waals surface area contributed by atoms with Gasteiger partial charge in [0.25, 0.3) is 5.92 Å². The molecule has 0 aliphatic rings. The number of ether oxygens (including phenoxy) is 1. The van der Waals surface area contributed by atoms with Crippen LogP contribution in [-0.4, -0.2) is 47.5 Å².